The Hall–Kier alpha value is -1.04. The molecule has 1 amide bonds. The third-order valence-corrected chi connectivity index (χ3v) is 3.60. The number of benzene rings is 1. The highest BCUT2D eigenvalue weighted by Gasteiger charge is 2.29. The number of carbonyl (C=O) groups is 1. The molecule has 0 radical (unpaired) electrons. The third-order valence-electron chi connectivity index (χ3n) is 3.31. The van der Waals surface area contributed by atoms with Crippen molar-refractivity contribution < 1.29 is 13.9 Å². The van der Waals surface area contributed by atoms with E-state index in [9.17, 15) is 9.18 Å². The van der Waals surface area contributed by atoms with Crippen LogP contribution < -0.4 is 15.8 Å². The van der Waals surface area contributed by atoms with Gasteiger partial charge in [0.05, 0.1) is 5.02 Å². The van der Waals surface area contributed by atoms with Gasteiger partial charge in [0.15, 0.2) is 6.10 Å². The second-order valence-electron chi connectivity index (χ2n) is 5.08. The molecule has 1 aliphatic rings. The largest absolute Gasteiger partial charge is 0.479 e. The van der Waals surface area contributed by atoms with Crippen LogP contribution in [-0.2, 0) is 4.79 Å². The number of carbonyl (C=O) groups excluding carboxylic acids is 1. The van der Waals surface area contributed by atoms with Crippen LogP contribution in [0.4, 0.5) is 4.39 Å². The van der Waals surface area contributed by atoms with Crippen LogP contribution in [0.25, 0.3) is 0 Å². The van der Waals surface area contributed by atoms with Gasteiger partial charge in [0.1, 0.15) is 11.6 Å². The highest BCUT2D eigenvalue weighted by Crippen LogP contribution is 2.31. The molecule has 1 aromatic carbocycles. The molecule has 1 aromatic rings. The first-order chi connectivity index (χ1) is 9.47. The Balaban J connectivity index is 0.00000220. The fourth-order valence-corrected chi connectivity index (χ4v) is 2.08. The lowest BCUT2D eigenvalue weighted by molar-refractivity contribution is -0.127. The zero-order valence-electron chi connectivity index (χ0n) is 11.6. The van der Waals surface area contributed by atoms with Crippen molar-refractivity contribution in [3.63, 3.8) is 0 Å². The molecule has 1 fully saturated rings. The Morgan fingerprint density at radius 1 is 1.57 bits per heavy atom. The lowest BCUT2D eigenvalue weighted by Gasteiger charge is -2.17. The fraction of sp³-hybridized carbons (Fsp3) is 0.500. The van der Waals surface area contributed by atoms with Crippen LogP contribution in [-0.4, -0.2) is 24.6 Å². The maximum atomic E-state index is 12.9. The van der Waals surface area contributed by atoms with Gasteiger partial charge < -0.3 is 15.8 Å². The Labute approximate surface area is 134 Å². The molecule has 0 spiro atoms. The van der Waals surface area contributed by atoms with Gasteiger partial charge >= 0.3 is 0 Å². The minimum absolute atomic E-state index is 0. The summed E-state index contributed by atoms with van der Waals surface area (Å²) in [6, 6.07) is 3.78. The standard InChI is InChI=1S/C14H18ClFN2O2.ClH/c1-8(14(19)18-7-12(17)9-2-3-9)20-13-5-4-10(16)6-11(13)15;/h4-6,8-9,12H,2-3,7,17H2,1H3,(H,18,19);1H. The molecule has 0 saturated heterocycles. The van der Waals surface area contributed by atoms with E-state index in [-0.39, 0.29) is 35.1 Å². The van der Waals surface area contributed by atoms with Crippen LogP contribution in [0.2, 0.25) is 5.02 Å². The van der Waals surface area contributed by atoms with Gasteiger partial charge in [-0.05, 0) is 43.9 Å². The number of ether oxygens (including phenoxy) is 1. The predicted octanol–water partition coefficient (Wildman–Crippen LogP) is 2.52. The van der Waals surface area contributed by atoms with Gasteiger partial charge in [-0.15, -0.1) is 12.4 Å². The molecular formula is C14H19Cl2FN2O2. The van der Waals surface area contributed by atoms with Crippen LogP contribution in [0.15, 0.2) is 18.2 Å². The van der Waals surface area contributed by atoms with Crippen LogP contribution in [0, 0.1) is 11.7 Å². The summed E-state index contributed by atoms with van der Waals surface area (Å²) < 4.78 is 18.3. The van der Waals surface area contributed by atoms with E-state index in [1.165, 1.54) is 12.1 Å². The van der Waals surface area contributed by atoms with Crippen molar-refractivity contribution in [2.45, 2.75) is 31.9 Å². The quantitative estimate of drug-likeness (QED) is 0.838. The minimum Gasteiger partial charge on any atom is -0.479 e. The average Bonchev–Trinajstić information content (AvgIpc) is 3.23. The van der Waals surface area contributed by atoms with Gasteiger partial charge in [-0.1, -0.05) is 11.6 Å². The number of hydrogen-bond acceptors (Lipinski definition) is 3. The van der Waals surface area contributed by atoms with E-state index in [0.29, 0.717) is 12.5 Å². The number of hydrogen-bond donors (Lipinski definition) is 2. The molecule has 1 aliphatic carbocycles. The lowest BCUT2D eigenvalue weighted by atomic mass is 10.2. The molecule has 1 saturated carbocycles. The van der Waals surface area contributed by atoms with Gasteiger partial charge in [-0.3, -0.25) is 4.79 Å². The second-order valence-corrected chi connectivity index (χ2v) is 5.49. The second kappa shape index (κ2) is 7.82. The first kappa shape index (κ1) is 18.0. The van der Waals surface area contributed by atoms with E-state index in [0.717, 1.165) is 18.9 Å². The van der Waals surface area contributed by atoms with Gasteiger partial charge in [0, 0.05) is 12.6 Å². The summed E-state index contributed by atoms with van der Waals surface area (Å²) in [6.07, 6.45) is 1.55. The van der Waals surface area contributed by atoms with E-state index in [2.05, 4.69) is 5.32 Å². The molecule has 4 nitrogen and oxygen atoms in total. The Morgan fingerprint density at radius 2 is 2.24 bits per heavy atom. The highest BCUT2D eigenvalue weighted by molar-refractivity contribution is 6.32. The Morgan fingerprint density at radius 3 is 2.81 bits per heavy atom. The van der Waals surface area contributed by atoms with Crippen molar-refractivity contribution in [2.24, 2.45) is 11.7 Å². The Kier molecular flexibility index (Phi) is 6.71. The summed E-state index contributed by atoms with van der Waals surface area (Å²) in [6.45, 7) is 2.05. The fourth-order valence-electron chi connectivity index (χ4n) is 1.87. The van der Waals surface area contributed by atoms with E-state index in [1.54, 1.807) is 6.92 Å². The number of nitrogens with two attached hydrogens (primary N) is 1. The molecule has 0 aromatic heterocycles. The molecule has 0 aliphatic heterocycles. The van der Waals surface area contributed by atoms with Gasteiger partial charge in [-0.2, -0.15) is 0 Å². The average molecular weight is 337 g/mol. The zero-order valence-corrected chi connectivity index (χ0v) is 13.2. The summed E-state index contributed by atoms with van der Waals surface area (Å²) in [5, 5.41) is 2.89. The van der Waals surface area contributed by atoms with Crippen LogP contribution in [0.1, 0.15) is 19.8 Å². The molecule has 7 heteroatoms. The molecule has 2 rings (SSSR count). The number of rotatable bonds is 6. The normalized spacial score (nSPS) is 16.6. The maximum Gasteiger partial charge on any atom is 0.260 e. The lowest BCUT2D eigenvalue weighted by Crippen LogP contribution is -2.43. The molecule has 2 atom stereocenters. The summed E-state index contributed by atoms with van der Waals surface area (Å²) in [7, 11) is 0. The summed E-state index contributed by atoms with van der Waals surface area (Å²) in [5.41, 5.74) is 5.90. The van der Waals surface area contributed by atoms with Crippen LogP contribution in [0.3, 0.4) is 0 Å². The zero-order chi connectivity index (χ0) is 14.7. The maximum absolute atomic E-state index is 12.9. The summed E-state index contributed by atoms with van der Waals surface area (Å²) >= 11 is 5.84. The minimum atomic E-state index is -0.718. The van der Waals surface area contributed by atoms with E-state index in [1.807, 2.05) is 0 Å². The van der Waals surface area contributed by atoms with Crippen molar-refractivity contribution >= 4 is 29.9 Å². The van der Waals surface area contributed by atoms with Crippen LogP contribution in [0.5, 0.6) is 5.75 Å². The smallest absolute Gasteiger partial charge is 0.260 e. The number of nitrogens with one attached hydrogen (secondary N) is 1. The van der Waals surface area contributed by atoms with E-state index >= 15 is 0 Å². The van der Waals surface area contributed by atoms with Crippen molar-refractivity contribution in [3.8, 4) is 5.75 Å². The van der Waals surface area contributed by atoms with Gasteiger partial charge in [0.25, 0.3) is 5.91 Å². The van der Waals surface area contributed by atoms with Crippen molar-refractivity contribution in [2.75, 3.05) is 6.54 Å². The number of amides is 1. The monoisotopic (exact) mass is 336 g/mol. The number of halogens is 3. The SMILES string of the molecule is CC(Oc1ccc(F)cc1Cl)C(=O)NCC(N)C1CC1.Cl. The third kappa shape index (κ3) is 5.34. The van der Waals surface area contributed by atoms with E-state index < -0.39 is 11.9 Å². The van der Waals surface area contributed by atoms with Crippen molar-refractivity contribution in [3.05, 3.63) is 29.0 Å². The first-order valence-corrected chi connectivity index (χ1v) is 7.00. The van der Waals surface area contributed by atoms with Gasteiger partial charge in [0.2, 0.25) is 0 Å². The van der Waals surface area contributed by atoms with Crippen molar-refractivity contribution in [1.29, 1.82) is 0 Å². The summed E-state index contributed by atoms with van der Waals surface area (Å²) in [4.78, 5) is 11.9. The molecule has 21 heavy (non-hydrogen) atoms. The summed E-state index contributed by atoms with van der Waals surface area (Å²) in [5.74, 6) is 0.0941. The predicted molar refractivity (Wildman–Crippen MR) is 82.5 cm³/mol. The molecule has 2 unspecified atom stereocenters. The molecular weight excluding hydrogens is 318 g/mol. The first-order valence-electron chi connectivity index (χ1n) is 6.62. The molecule has 118 valence electrons. The molecule has 3 N–H and O–H groups in total. The topological polar surface area (TPSA) is 64.3 Å². The van der Waals surface area contributed by atoms with Gasteiger partial charge in [-0.25, -0.2) is 4.39 Å². The van der Waals surface area contributed by atoms with E-state index in [4.69, 9.17) is 22.1 Å². The molecule has 0 heterocycles. The molecule has 0 bridgehead atoms. The highest BCUT2D eigenvalue weighted by atomic mass is 35.5. The Bertz CT molecular complexity index is 498. The van der Waals surface area contributed by atoms with Crippen molar-refractivity contribution in [1.82, 2.24) is 5.32 Å². The van der Waals surface area contributed by atoms with Crippen LogP contribution >= 0.6 is 24.0 Å².